The zero-order valence-electron chi connectivity index (χ0n) is 24.4. The number of fused-ring (bicyclic) bond motifs is 6. The first-order valence-electron chi connectivity index (χ1n) is 15.2. The lowest BCUT2D eigenvalue weighted by Crippen LogP contribution is -2.11. The molecule has 1 aliphatic heterocycles. The zero-order chi connectivity index (χ0) is 29.7. The van der Waals surface area contributed by atoms with Crippen LogP contribution in [0.4, 0.5) is 22.7 Å². The highest BCUT2D eigenvalue weighted by molar-refractivity contribution is 7.25. The second-order valence-corrected chi connectivity index (χ2v) is 12.5. The maximum Gasteiger partial charge on any atom is 0.196 e. The molecule has 0 saturated heterocycles. The van der Waals surface area contributed by atoms with Crippen LogP contribution in [0.2, 0.25) is 0 Å². The summed E-state index contributed by atoms with van der Waals surface area (Å²) in [5, 5.41) is 8.51. The number of thiophene rings is 1. The number of benzene rings is 7. The van der Waals surface area contributed by atoms with E-state index in [0.29, 0.717) is 0 Å². The summed E-state index contributed by atoms with van der Waals surface area (Å²) >= 11 is 1.84. The average molecular weight is 597 g/mol. The maximum absolute atomic E-state index is 6.64. The fourth-order valence-corrected chi connectivity index (χ4v) is 7.65. The van der Waals surface area contributed by atoms with Crippen LogP contribution < -0.4 is 15.0 Å². The van der Waals surface area contributed by atoms with Crippen LogP contribution >= 0.6 is 11.3 Å². The number of hydrogen-bond donors (Lipinski definition) is 1. The maximum atomic E-state index is 6.64. The minimum absolute atomic E-state index is 0.247. The van der Waals surface area contributed by atoms with Gasteiger partial charge in [-0.1, -0.05) is 115 Å². The van der Waals surface area contributed by atoms with E-state index in [4.69, 9.17) is 4.74 Å². The summed E-state index contributed by atoms with van der Waals surface area (Å²) in [6.45, 7) is 0. The molecule has 0 fully saturated rings. The molecule has 1 aliphatic rings. The van der Waals surface area contributed by atoms with Gasteiger partial charge < -0.3 is 15.0 Å². The first-order valence-corrected chi connectivity index (χ1v) is 16.0. The molecule has 2 heterocycles. The molecule has 9 rings (SSSR count). The summed E-state index contributed by atoms with van der Waals surface area (Å²) in [6, 6.07) is 56.2. The lowest BCUT2D eigenvalue weighted by molar-refractivity contribution is 0.260. The Balaban J connectivity index is 1.28. The molecule has 1 atom stereocenters. The number of anilines is 4. The van der Waals surface area contributed by atoms with Gasteiger partial charge in [-0.15, -0.1) is 11.3 Å². The van der Waals surface area contributed by atoms with E-state index >= 15 is 0 Å². The Morgan fingerprint density at radius 1 is 0.511 bits per heavy atom. The molecule has 1 unspecified atom stereocenters. The molecule has 0 spiro atoms. The first kappa shape index (κ1) is 25.9. The van der Waals surface area contributed by atoms with E-state index < -0.39 is 0 Å². The number of rotatable bonds is 5. The summed E-state index contributed by atoms with van der Waals surface area (Å²) in [5.41, 5.74) is 7.76. The van der Waals surface area contributed by atoms with E-state index in [1.165, 1.54) is 31.3 Å². The van der Waals surface area contributed by atoms with Gasteiger partial charge in [0.05, 0.1) is 11.4 Å². The van der Waals surface area contributed by atoms with E-state index in [0.717, 1.165) is 44.8 Å². The molecule has 0 saturated carbocycles. The van der Waals surface area contributed by atoms with Crippen molar-refractivity contribution in [1.29, 1.82) is 0 Å². The molecule has 214 valence electrons. The summed E-state index contributed by atoms with van der Waals surface area (Å²) < 4.78 is 9.23. The van der Waals surface area contributed by atoms with Crippen LogP contribution in [-0.2, 0) is 0 Å². The van der Waals surface area contributed by atoms with Gasteiger partial charge in [0.2, 0.25) is 0 Å². The Labute approximate surface area is 265 Å². The molecule has 0 radical (unpaired) electrons. The summed E-state index contributed by atoms with van der Waals surface area (Å²) in [7, 11) is 0. The Hall–Kier alpha value is -5.58. The lowest BCUT2D eigenvalue weighted by atomic mass is 10.0. The summed E-state index contributed by atoms with van der Waals surface area (Å²) in [6.07, 6.45) is -0.247. The molecule has 8 aromatic rings. The van der Waals surface area contributed by atoms with Crippen LogP contribution in [0, 0.1) is 0 Å². The van der Waals surface area contributed by atoms with Gasteiger partial charge in [0, 0.05) is 53.9 Å². The number of hydrogen-bond acceptors (Lipinski definition) is 4. The van der Waals surface area contributed by atoms with Crippen molar-refractivity contribution in [2.24, 2.45) is 0 Å². The molecule has 0 amide bonds. The van der Waals surface area contributed by atoms with Crippen LogP contribution in [0.25, 0.3) is 42.1 Å². The molecule has 0 bridgehead atoms. The van der Waals surface area contributed by atoms with Gasteiger partial charge in [-0.2, -0.15) is 0 Å². The van der Waals surface area contributed by atoms with E-state index in [-0.39, 0.29) is 6.23 Å². The SMILES string of the molecule is c1ccc(-c2cccc(N(c3ccc4sc5ccccc5c4c3)c3cc4c(c5ccccc35)NC(c3ccccc3)O4)c2)cc1. The lowest BCUT2D eigenvalue weighted by Gasteiger charge is -2.28. The zero-order valence-corrected chi connectivity index (χ0v) is 25.2. The number of nitrogens with one attached hydrogen (secondary N) is 1. The third-order valence-electron chi connectivity index (χ3n) is 8.68. The van der Waals surface area contributed by atoms with Crippen molar-refractivity contribution in [3.63, 3.8) is 0 Å². The minimum Gasteiger partial charge on any atom is -0.464 e. The quantitative estimate of drug-likeness (QED) is 0.214. The smallest absolute Gasteiger partial charge is 0.196 e. The predicted molar refractivity (Wildman–Crippen MR) is 190 cm³/mol. The molecule has 0 aliphatic carbocycles. The van der Waals surface area contributed by atoms with E-state index in [9.17, 15) is 0 Å². The van der Waals surface area contributed by atoms with Gasteiger partial charge in [-0.25, -0.2) is 0 Å². The molecule has 45 heavy (non-hydrogen) atoms. The molecule has 3 nitrogen and oxygen atoms in total. The van der Waals surface area contributed by atoms with E-state index in [2.05, 4.69) is 162 Å². The molecule has 1 aromatic heterocycles. The topological polar surface area (TPSA) is 24.5 Å². The second-order valence-electron chi connectivity index (χ2n) is 11.4. The predicted octanol–water partition coefficient (Wildman–Crippen LogP) is 11.8. The Morgan fingerprint density at radius 3 is 2.02 bits per heavy atom. The van der Waals surface area contributed by atoms with Crippen molar-refractivity contribution in [3.8, 4) is 16.9 Å². The highest BCUT2D eigenvalue weighted by atomic mass is 32.1. The largest absolute Gasteiger partial charge is 0.464 e. The molecular formula is C41H28N2OS. The standard InChI is InChI=1S/C41H28N2OS/c1-3-12-27(13-4-1)29-16-11-17-30(24-29)43(31-22-23-39-35(25-31)33-19-9-10-21-38(33)45-39)36-26-37-40(34-20-8-7-18-32(34)36)42-41(44-37)28-14-5-2-6-15-28/h1-26,41-42H. The normalized spacial score (nSPS) is 13.9. The monoisotopic (exact) mass is 596 g/mol. The third-order valence-corrected chi connectivity index (χ3v) is 9.83. The van der Waals surface area contributed by atoms with Crippen molar-refractivity contribution in [3.05, 3.63) is 163 Å². The number of ether oxygens (including phenoxy) is 1. The van der Waals surface area contributed by atoms with Crippen LogP contribution in [0.5, 0.6) is 5.75 Å². The van der Waals surface area contributed by atoms with Gasteiger partial charge in [0.15, 0.2) is 6.23 Å². The molecule has 4 heteroatoms. The van der Waals surface area contributed by atoms with Gasteiger partial charge in [0.25, 0.3) is 0 Å². The van der Waals surface area contributed by atoms with E-state index in [1.54, 1.807) is 0 Å². The van der Waals surface area contributed by atoms with Crippen molar-refractivity contribution in [1.82, 2.24) is 0 Å². The Kier molecular flexibility index (Phi) is 6.06. The molecule has 7 aromatic carbocycles. The summed E-state index contributed by atoms with van der Waals surface area (Å²) in [4.78, 5) is 2.39. The highest BCUT2D eigenvalue weighted by Gasteiger charge is 2.28. The average Bonchev–Trinajstić information content (AvgIpc) is 3.71. The van der Waals surface area contributed by atoms with Crippen LogP contribution in [0.3, 0.4) is 0 Å². The fourth-order valence-electron chi connectivity index (χ4n) is 6.56. The fraction of sp³-hybridized carbons (Fsp3) is 0.0244. The first-order chi connectivity index (χ1) is 22.3. The van der Waals surface area contributed by atoms with Crippen LogP contribution in [0.1, 0.15) is 11.8 Å². The van der Waals surface area contributed by atoms with Gasteiger partial charge >= 0.3 is 0 Å². The van der Waals surface area contributed by atoms with Crippen molar-refractivity contribution in [2.45, 2.75) is 6.23 Å². The van der Waals surface area contributed by atoms with E-state index in [1.807, 2.05) is 17.4 Å². The Bertz CT molecular complexity index is 2350. The van der Waals surface area contributed by atoms with Gasteiger partial charge in [-0.05, 0) is 47.5 Å². The van der Waals surface area contributed by atoms with Gasteiger partial charge in [-0.3, -0.25) is 0 Å². The second kappa shape index (κ2) is 10.5. The number of nitrogens with zero attached hydrogens (tertiary/aromatic N) is 1. The summed E-state index contributed by atoms with van der Waals surface area (Å²) in [5.74, 6) is 0.851. The van der Waals surface area contributed by atoms with Crippen LogP contribution in [-0.4, -0.2) is 0 Å². The molecular weight excluding hydrogens is 569 g/mol. The molecule has 1 N–H and O–H groups in total. The van der Waals surface area contributed by atoms with Crippen molar-refractivity contribution in [2.75, 3.05) is 10.2 Å². The minimum atomic E-state index is -0.247. The van der Waals surface area contributed by atoms with Crippen molar-refractivity contribution < 1.29 is 4.74 Å². The Morgan fingerprint density at radius 2 is 1.18 bits per heavy atom. The van der Waals surface area contributed by atoms with Gasteiger partial charge in [0.1, 0.15) is 5.75 Å². The van der Waals surface area contributed by atoms with Crippen LogP contribution in [0.15, 0.2) is 158 Å². The third kappa shape index (κ3) is 4.42. The highest BCUT2D eigenvalue weighted by Crippen LogP contribution is 2.50. The van der Waals surface area contributed by atoms with Crippen molar-refractivity contribution >= 4 is 65.0 Å².